The van der Waals surface area contributed by atoms with E-state index in [-0.39, 0.29) is 12.1 Å². The number of aliphatic hydroxyl groups excluding tert-OH is 1. The topological polar surface area (TPSA) is 35.5 Å². The number of hydrogen-bond acceptors (Lipinski definition) is 3. The fraction of sp³-hybridized carbons (Fsp3) is 0.667. The van der Waals surface area contributed by atoms with Crippen molar-refractivity contribution in [2.45, 2.75) is 63.7 Å². The van der Waals surface area contributed by atoms with Crippen LogP contribution < -0.4 is 5.32 Å². The molecular weight excluding hydrogens is 260 g/mol. The van der Waals surface area contributed by atoms with Crippen molar-refractivity contribution in [2.24, 2.45) is 0 Å². The normalized spacial score (nSPS) is 29.5. The summed E-state index contributed by atoms with van der Waals surface area (Å²) in [4.78, 5) is 2.61. The highest BCUT2D eigenvalue weighted by molar-refractivity contribution is 5.30. The van der Waals surface area contributed by atoms with E-state index < -0.39 is 0 Å². The van der Waals surface area contributed by atoms with E-state index in [1.807, 2.05) is 0 Å². The number of nitrogens with one attached hydrogen (secondary N) is 1. The summed E-state index contributed by atoms with van der Waals surface area (Å²) in [6, 6.07) is 9.40. The fourth-order valence-corrected chi connectivity index (χ4v) is 4.01. The lowest BCUT2D eigenvalue weighted by Crippen LogP contribution is -2.55. The molecule has 1 fully saturated rings. The molecule has 0 bridgehead atoms. The van der Waals surface area contributed by atoms with Crippen LogP contribution in [0.25, 0.3) is 0 Å². The van der Waals surface area contributed by atoms with Gasteiger partial charge < -0.3 is 10.4 Å². The lowest BCUT2D eigenvalue weighted by Gasteiger charge is -2.43. The van der Waals surface area contributed by atoms with Gasteiger partial charge in [-0.3, -0.25) is 4.90 Å². The molecule has 21 heavy (non-hydrogen) atoms. The van der Waals surface area contributed by atoms with E-state index in [4.69, 9.17) is 0 Å². The van der Waals surface area contributed by atoms with Crippen LogP contribution >= 0.6 is 0 Å². The lowest BCUT2D eigenvalue weighted by atomic mass is 9.78. The van der Waals surface area contributed by atoms with E-state index in [0.29, 0.717) is 6.04 Å². The van der Waals surface area contributed by atoms with Crippen LogP contribution in [0.2, 0.25) is 0 Å². The van der Waals surface area contributed by atoms with E-state index in [0.717, 1.165) is 38.9 Å². The second-order valence-electron chi connectivity index (χ2n) is 6.79. The van der Waals surface area contributed by atoms with Crippen molar-refractivity contribution in [3.05, 3.63) is 35.4 Å². The highest BCUT2D eigenvalue weighted by atomic mass is 16.3. The molecule has 116 valence electrons. The predicted octanol–water partition coefficient (Wildman–Crippen LogP) is 2.68. The zero-order chi connectivity index (χ0) is 14.7. The van der Waals surface area contributed by atoms with Gasteiger partial charge in [-0.15, -0.1) is 0 Å². The number of nitrogens with zero attached hydrogens (tertiary/aromatic N) is 1. The standard InChI is InChI=1S/C18H28N2O/c1-2-10-19-18(14-21)9-5-8-17(11-18)20-12-15-6-3-4-7-16(15)13-20/h3-4,6-7,17,19,21H,2,5,8-14H2,1H3. The zero-order valence-corrected chi connectivity index (χ0v) is 13.1. The Morgan fingerprint density at radius 2 is 2.00 bits per heavy atom. The van der Waals surface area contributed by atoms with Crippen molar-refractivity contribution >= 4 is 0 Å². The van der Waals surface area contributed by atoms with Crippen LogP contribution in [0.15, 0.2) is 24.3 Å². The van der Waals surface area contributed by atoms with Crippen molar-refractivity contribution in [3.8, 4) is 0 Å². The molecule has 0 aromatic heterocycles. The third-order valence-electron chi connectivity index (χ3n) is 5.25. The Morgan fingerprint density at radius 3 is 2.62 bits per heavy atom. The number of fused-ring (bicyclic) bond motifs is 1. The van der Waals surface area contributed by atoms with E-state index in [2.05, 4.69) is 41.4 Å². The van der Waals surface area contributed by atoms with E-state index in [9.17, 15) is 5.11 Å². The minimum Gasteiger partial charge on any atom is -0.394 e. The molecule has 0 spiro atoms. The van der Waals surface area contributed by atoms with Gasteiger partial charge in [0, 0.05) is 24.7 Å². The molecule has 0 saturated heterocycles. The quantitative estimate of drug-likeness (QED) is 0.874. The summed E-state index contributed by atoms with van der Waals surface area (Å²) in [6.45, 7) is 5.62. The van der Waals surface area contributed by atoms with Crippen molar-refractivity contribution in [3.63, 3.8) is 0 Å². The zero-order valence-electron chi connectivity index (χ0n) is 13.1. The summed E-state index contributed by atoms with van der Waals surface area (Å²) >= 11 is 0. The molecule has 0 amide bonds. The molecule has 1 heterocycles. The first kappa shape index (κ1) is 15.0. The van der Waals surface area contributed by atoms with Crippen molar-refractivity contribution < 1.29 is 5.11 Å². The number of hydrogen-bond donors (Lipinski definition) is 2. The molecule has 1 aromatic rings. The second-order valence-corrected chi connectivity index (χ2v) is 6.79. The molecule has 2 atom stereocenters. The molecule has 1 aliphatic carbocycles. The molecule has 0 radical (unpaired) electrons. The van der Waals surface area contributed by atoms with Crippen LogP contribution in [-0.2, 0) is 13.1 Å². The number of benzene rings is 1. The third kappa shape index (κ3) is 3.15. The SMILES string of the molecule is CCCNC1(CO)CCCC(N2Cc3ccccc3C2)C1. The maximum absolute atomic E-state index is 9.92. The second kappa shape index (κ2) is 6.47. The Labute approximate surface area is 128 Å². The maximum Gasteiger partial charge on any atom is 0.0613 e. The average Bonchev–Trinajstić information content (AvgIpc) is 2.97. The molecule has 2 N–H and O–H groups in total. The van der Waals surface area contributed by atoms with E-state index in [1.54, 1.807) is 0 Å². The molecule has 1 aromatic carbocycles. The van der Waals surface area contributed by atoms with Crippen LogP contribution in [0.4, 0.5) is 0 Å². The first-order valence-electron chi connectivity index (χ1n) is 8.43. The number of aliphatic hydroxyl groups is 1. The lowest BCUT2D eigenvalue weighted by molar-refractivity contribution is 0.0578. The summed E-state index contributed by atoms with van der Waals surface area (Å²) < 4.78 is 0. The monoisotopic (exact) mass is 288 g/mol. The Bertz CT molecular complexity index is 451. The summed E-state index contributed by atoms with van der Waals surface area (Å²) in [5.41, 5.74) is 2.92. The summed E-state index contributed by atoms with van der Waals surface area (Å²) in [7, 11) is 0. The van der Waals surface area contributed by atoms with Gasteiger partial charge in [-0.1, -0.05) is 31.2 Å². The Kier molecular flexibility index (Phi) is 4.63. The average molecular weight is 288 g/mol. The molecule has 3 heteroatoms. The van der Waals surface area contributed by atoms with Crippen LogP contribution in [0.1, 0.15) is 50.2 Å². The van der Waals surface area contributed by atoms with Gasteiger partial charge in [-0.2, -0.15) is 0 Å². The summed E-state index contributed by atoms with van der Waals surface area (Å²) in [5, 5.41) is 13.6. The number of rotatable bonds is 5. The first-order chi connectivity index (χ1) is 10.3. The highest BCUT2D eigenvalue weighted by Gasteiger charge is 2.38. The molecule has 1 aliphatic heterocycles. The Morgan fingerprint density at radius 1 is 1.29 bits per heavy atom. The van der Waals surface area contributed by atoms with Crippen molar-refractivity contribution in [1.82, 2.24) is 10.2 Å². The minimum absolute atomic E-state index is 0.0479. The Balaban J connectivity index is 1.67. The van der Waals surface area contributed by atoms with Gasteiger partial charge in [0.25, 0.3) is 0 Å². The predicted molar refractivity (Wildman–Crippen MR) is 86.1 cm³/mol. The van der Waals surface area contributed by atoms with Crippen LogP contribution in [0, 0.1) is 0 Å². The van der Waals surface area contributed by atoms with Gasteiger partial charge in [-0.05, 0) is 49.8 Å². The van der Waals surface area contributed by atoms with Gasteiger partial charge >= 0.3 is 0 Å². The summed E-state index contributed by atoms with van der Waals surface area (Å²) in [5.74, 6) is 0. The minimum atomic E-state index is -0.0479. The van der Waals surface area contributed by atoms with Gasteiger partial charge in [0.15, 0.2) is 0 Å². The first-order valence-corrected chi connectivity index (χ1v) is 8.43. The molecule has 2 unspecified atom stereocenters. The van der Waals surface area contributed by atoms with Crippen molar-refractivity contribution in [1.29, 1.82) is 0 Å². The van der Waals surface area contributed by atoms with Crippen LogP contribution in [0.3, 0.4) is 0 Å². The van der Waals surface area contributed by atoms with Crippen molar-refractivity contribution in [2.75, 3.05) is 13.2 Å². The molecule has 2 aliphatic rings. The highest BCUT2D eigenvalue weighted by Crippen LogP contribution is 2.35. The van der Waals surface area contributed by atoms with E-state index >= 15 is 0 Å². The van der Waals surface area contributed by atoms with E-state index in [1.165, 1.54) is 24.0 Å². The molecule has 3 rings (SSSR count). The third-order valence-corrected chi connectivity index (χ3v) is 5.25. The molecule has 3 nitrogen and oxygen atoms in total. The smallest absolute Gasteiger partial charge is 0.0613 e. The van der Waals surface area contributed by atoms with Crippen LogP contribution in [-0.4, -0.2) is 34.7 Å². The van der Waals surface area contributed by atoms with Gasteiger partial charge in [0.2, 0.25) is 0 Å². The van der Waals surface area contributed by atoms with Gasteiger partial charge in [0.05, 0.1) is 6.61 Å². The van der Waals surface area contributed by atoms with Crippen LogP contribution in [0.5, 0.6) is 0 Å². The summed E-state index contributed by atoms with van der Waals surface area (Å²) in [6.07, 6.45) is 5.80. The fourth-order valence-electron chi connectivity index (χ4n) is 4.01. The Hall–Kier alpha value is -0.900. The van der Waals surface area contributed by atoms with Gasteiger partial charge in [-0.25, -0.2) is 0 Å². The molecular formula is C18H28N2O. The molecule has 1 saturated carbocycles. The largest absolute Gasteiger partial charge is 0.394 e. The van der Waals surface area contributed by atoms with Gasteiger partial charge in [0.1, 0.15) is 0 Å². The maximum atomic E-state index is 9.92.